The first-order valence-corrected chi connectivity index (χ1v) is 7.21. The molecule has 0 aliphatic carbocycles. The SMILES string of the molecule is CC1CC(OC(=O)C(CN)c2ccccc2)CC(C)O1. The summed E-state index contributed by atoms with van der Waals surface area (Å²) in [7, 11) is 0. The van der Waals surface area contributed by atoms with Crippen molar-refractivity contribution in [2.45, 2.75) is 50.9 Å². The number of carbonyl (C=O) groups excluding carboxylic acids is 1. The fourth-order valence-corrected chi connectivity index (χ4v) is 2.74. The molecular formula is C16H23NO3. The molecule has 0 aromatic heterocycles. The molecule has 1 saturated heterocycles. The van der Waals surface area contributed by atoms with Crippen LogP contribution in [0.3, 0.4) is 0 Å². The minimum absolute atomic E-state index is 0.0704. The highest BCUT2D eigenvalue weighted by molar-refractivity contribution is 5.78. The molecule has 20 heavy (non-hydrogen) atoms. The molecular weight excluding hydrogens is 254 g/mol. The highest BCUT2D eigenvalue weighted by atomic mass is 16.6. The second-order valence-electron chi connectivity index (χ2n) is 5.49. The molecule has 3 atom stereocenters. The number of nitrogens with two attached hydrogens (primary N) is 1. The molecule has 1 aromatic carbocycles. The molecule has 1 fully saturated rings. The van der Waals surface area contributed by atoms with E-state index in [9.17, 15) is 4.79 Å². The van der Waals surface area contributed by atoms with Crippen LogP contribution in [-0.4, -0.2) is 30.8 Å². The Balaban J connectivity index is 1.99. The normalized spacial score (nSPS) is 27.9. The van der Waals surface area contributed by atoms with Crippen molar-refractivity contribution < 1.29 is 14.3 Å². The summed E-state index contributed by atoms with van der Waals surface area (Å²) in [4.78, 5) is 12.3. The third-order valence-electron chi connectivity index (χ3n) is 3.66. The van der Waals surface area contributed by atoms with E-state index in [0.717, 1.165) is 18.4 Å². The third-order valence-corrected chi connectivity index (χ3v) is 3.66. The number of hydrogen-bond acceptors (Lipinski definition) is 4. The van der Waals surface area contributed by atoms with Gasteiger partial charge >= 0.3 is 5.97 Å². The van der Waals surface area contributed by atoms with E-state index in [2.05, 4.69) is 0 Å². The molecule has 4 nitrogen and oxygen atoms in total. The average Bonchev–Trinajstić information content (AvgIpc) is 2.39. The van der Waals surface area contributed by atoms with Gasteiger partial charge in [-0.05, 0) is 19.4 Å². The van der Waals surface area contributed by atoms with Gasteiger partial charge < -0.3 is 15.2 Å². The lowest BCUT2D eigenvalue weighted by Crippen LogP contribution is -2.37. The van der Waals surface area contributed by atoms with Gasteiger partial charge in [0, 0.05) is 19.4 Å². The molecule has 0 spiro atoms. The van der Waals surface area contributed by atoms with Crippen LogP contribution >= 0.6 is 0 Å². The summed E-state index contributed by atoms with van der Waals surface area (Å²) in [6.07, 6.45) is 1.69. The predicted octanol–water partition coefficient (Wildman–Crippen LogP) is 2.23. The van der Waals surface area contributed by atoms with Crippen molar-refractivity contribution in [3.8, 4) is 0 Å². The van der Waals surface area contributed by atoms with Crippen LogP contribution in [0, 0.1) is 0 Å². The molecule has 2 rings (SSSR count). The maximum atomic E-state index is 12.3. The van der Waals surface area contributed by atoms with Gasteiger partial charge in [-0.1, -0.05) is 30.3 Å². The van der Waals surface area contributed by atoms with Crippen LogP contribution in [0.15, 0.2) is 30.3 Å². The highest BCUT2D eigenvalue weighted by Crippen LogP contribution is 2.24. The first-order valence-electron chi connectivity index (χ1n) is 7.21. The second kappa shape index (κ2) is 6.86. The smallest absolute Gasteiger partial charge is 0.314 e. The zero-order valence-corrected chi connectivity index (χ0v) is 12.1. The maximum absolute atomic E-state index is 12.3. The van der Waals surface area contributed by atoms with Crippen molar-refractivity contribution in [2.24, 2.45) is 5.73 Å². The number of benzene rings is 1. The highest BCUT2D eigenvalue weighted by Gasteiger charge is 2.30. The average molecular weight is 277 g/mol. The van der Waals surface area contributed by atoms with Crippen LogP contribution in [-0.2, 0) is 14.3 Å². The molecule has 0 saturated carbocycles. The monoisotopic (exact) mass is 277 g/mol. The molecule has 0 bridgehead atoms. The first kappa shape index (κ1) is 15.0. The van der Waals surface area contributed by atoms with Gasteiger partial charge in [0.05, 0.1) is 18.1 Å². The van der Waals surface area contributed by atoms with Gasteiger partial charge in [0.2, 0.25) is 0 Å². The number of esters is 1. The van der Waals surface area contributed by atoms with Gasteiger partial charge in [-0.2, -0.15) is 0 Å². The van der Waals surface area contributed by atoms with Crippen LogP contribution in [0.5, 0.6) is 0 Å². The Morgan fingerprint density at radius 3 is 2.45 bits per heavy atom. The summed E-state index contributed by atoms with van der Waals surface area (Å²) in [5, 5.41) is 0. The number of ether oxygens (including phenoxy) is 2. The molecule has 2 N–H and O–H groups in total. The lowest BCUT2D eigenvalue weighted by molar-refractivity contribution is -0.161. The zero-order chi connectivity index (χ0) is 14.5. The van der Waals surface area contributed by atoms with Gasteiger partial charge in [0.15, 0.2) is 0 Å². The fraction of sp³-hybridized carbons (Fsp3) is 0.562. The maximum Gasteiger partial charge on any atom is 0.314 e. The van der Waals surface area contributed by atoms with E-state index in [1.807, 2.05) is 44.2 Å². The van der Waals surface area contributed by atoms with Crippen molar-refractivity contribution in [2.75, 3.05) is 6.54 Å². The molecule has 1 aromatic rings. The second-order valence-corrected chi connectivity index (χ2v) is 5.49. The molecule has 4 heteroatoms. The predicted molar refractivity (Wildman–Crippen MR) is 77.4 cm³/mol. The van der Waals surface area contributed by atoms with Crippen molar-refractivity contribution in [3.05, 3.63) is 35.9 Å². The lowest BCUT2D eigenvalue weighted by atomic mass is 9.98. The Kier molecular flexibility index (Phi) is 5.15. The van der Waals surface area contributed by atoms with Gasteiger partial charge in [-0.15, -0.1) is 0 Å². The number of carbonyl (C=O) groups is 1. The van der Waals surface area contributed by atoms with Crippen molar-refractivity contribution in [3.63, 3.8) is 0 Å². The Morgan fingerprint density at radius 2 is 1.90 bits per heavy atom. The van der Waals surface area contributed by atoms with Gasteiger partial charge in [-0.3, -0.25) is 4.79 Å². The third kappa shape index (κ3) is 3.81. The van der Waals surface area contributed by atoms with E-state index in [1.165, 1.54) is 0 Å². The first-order chi connectivity index (χ1) is 9.60. The van der Waals surface area contributed by atoms with Crippen molar-refractivity contribution in [1.82, 2.24) is 0 Å². The minimum Gasteiger partial charge on any atom is -0.462 e. The van der Waals surface area contributed by atoms with Crippen LogP contribution in [0.25, 0.3) is 0 Å². The summed E-state index contributed by atoms with van der Waals surface area (Å²) in [6.45, 7) is 4.28. The van der Waals surface area contributed by atoms with E-state index in [1.54, 1.807) is 0 Å². The number of rotatable bonds is 4. The van der Waals surface area contributed by atoms with Crippen LogP contribution < -0.4 is 5.73 Å². The summed E-state index contributed by atoms with van der Waals surface area (Å²) in [5.41, 5.74) is 6.65. The molecule has 1 heterocycles. The van der Waals surface area contributed by atoms with E-state index in [4.69, 9.17) is 15.2 Å². The van der Waals surface area contributed by atoms with E-state index < -0.39 is 0 Å². The summed E-state index contributed by atoms with van der Waals surface area (Å²) < 4.78 is 11.3. The standard InChI is InChI=1S/C16H23NO3/c1-11-8-14(9-12(2)19-11)20-16(18)15(10-17)13-6-4-3-5-7-13/h3-7,11-12,14-15H,8-10,17H2,1-2H3. The van der Waals surface area contributed by atoms with E-state index in [-0.39, 0.29) is 36.7 Å². The lowest BCUT2D eigenvalue weighted by Gasteiger charge is -2.32. The van der Waals surface area contributed by atoms with Gasteiger partial charge in [0.1, 0.15) is 6.10 Å². The Bertz CT molecular complexity index is 425. The fourth-order valence-electron chi connectivity index (χ4n) is 2.74. The molecule has 1 aliphatic heterocycles. The molecule has 1 aliphatic rings. The summed E-state index contributed by atoms with van der Waals surface area (Å²) in [6, 6.07) is 9.56. The zero-order valence-electron chi connectivity index (χ0n) is 12.1. The summed E-state index contributed by atoms with van der Waals surface area (Å²) in [5.74, 6) is -0.616. The Morgan fingerprint density at radius 1 is 1.30 bits per heavy atom. The van der Waals surface area contributed by atoms with Crippen LogP contribution in [0.4, 0.5) is 0 Å². The van der Waals surface area contributed by atoms with Crippen molar-refractivity contribution in [1.29, 1.82) is 0 Å². The van der Waals surface area contributed by atoms with E-state index in [0.29, 0.717) is 0 Å². The number of hydrogen-bond donors (Lipinski definition) is 1. The Hall–Kier alpha value is -1.39. The van der Waals surface area contributed by atoms with Gasteiger partial charge in [-0.25, -0.2) is 0 Å². The minimum atomic E-state index is -0.385. The Labute approximate surface area is 120 Å². The topological polar surface area (TPSA) is 61.5 Å². The van der Waals surface area contributed by atoms with Crippen LogP contribution in [0.1, 0.15) is 38.2 Å². The molecule has 3 unspecified atom stereocenters. The van der Waals surface area contributed by atoms with Gasteiger partial charge in [0.25, 0.3) is 0 Å². The quantitative estimate of drug-likeness (QED) is 0.857. The van der Waals surface area contributed by atoms with Crippen molar-refractivity contribution >= 4 is 5.97 Å². The van der Waals surface area contributed by atoms with Crippen LogP contribution in [0.2, 0.25) is 0 Å². The largest absolute Gasteiger partial charge is 0.462 e. The molecule has 0 amide bonds. The van der Waals surface area contributed by atoms with E-state index >= 15 is 0 Å². The summed E-state index contributed by atoms with van der Waals surface area (Å²) >= 11 is 0. The molecule has 110 valence electrons. The molecule has 0 radical (unpaired) electrons.